The van der Waals surface area contributed by atoms with E-state index in [2.05, 4.69) is 15.6 Å². The molecular formula is C18H17N5O4. The first kappa shape index (κ1) is 17.0. The number of nitrogens with zero attached hydrogens (tertiary/aromatic N) is 3. The summed E-state index contributed by atoms with van der Waals surface area (Å²) in [4.78, 5) is 41.2. The molecule has 0 aliphatic carbocycles. The number of hydrogen-bond acceptors (Lipinski definition) is 6. The van der Waals surface area contributed by atoms with Crippen LogP contribution >= 0.6 is 0 Å². The molecule has 0 bridgehead atoms. The predicted octanol–water partition coefficient (Wildman–Crippen LogP) is 1.84. The van der Waals surface area contributed by atoms with Gasteiger partial charge in [-0.25, -0.2) is 9.78 Å². The Labute approximate surface area is 154 Å². The maximum atomic E-state index is 12.2. The summed E-state index contributed by atoms with van der Waals surface area (Å²) in [5.41, 5.74) is -0.142. The highest BCUT2D eigenvalue weighted by Crippen LogP contribution is 2.33. The molecule has 2 N–H and O–H groups in total. The van der Waals surface area contributed by atoms with Gasteiger partial charge in [0, 0.05) is 18.2 Å². The van der Waals surface area contributed by atoms with Gasteiger partial charge in [-0.15, -0.1) is 0 Å². The second-order valence-corrected chi connectivity index (χ2v) is 6.68. The number of nitrogens with one attached hydrogen (secondary N) is 2. The third-order valence-corrected chi connectivity index (χ3v) is 4.93. The van der Waals surface area contributed by atoms with Crippen LogP contribution in [-0.4, -0.2) is 40.5 Å². The lowest BCUT2D eigenvalue weighted by Gasteiger charge is -2.38. The second-order valence-electron chi connectivity index (χ2n) is 6.68. The van der Waals surface area contributed by atoms with Crippen LogP contribution in [0.4, 0.5) is 16.3 Å². The minimum Gasteiger partial charge on any atom is -0.354 e. The van der Waals surface area contributed by atoms with Crippen molar-refractivity contribution in [1.82, 2.24) is 15.6 Å². The summed E-state index contributed by atoms with van der Waals surface area (Å²) in [6.45, 7) is 0.910. The monoisotopic (exact) mass is 367 g/mol. The van der Waals surface area contributed by atoms with Crippen LogP contribution in [0.25, 0.3) is 11.3 Å². The summed E-state index contributed by atoms with van der Waals surface area (Å²) in [6.07, 6.45) is 1.23. The summed E-state index contributed by atoms with van der Waals surface area (Å²) in [6, 6.07) is 11.5. The van der Waals surface area contributed by atoms with E-state index in [9.17, 15) is 19.7 Å². The average Bonchev–Trinajstić information content (AvgIpc) is 2.94. The molecule has 1 atom stereocenters. The van der Waals surface area contributed by atoms with Crippen molar-refractivity contribution in [2.45, 2.75) is 18.4 Å². The molecule has 138 valence electrons. The molecule has 2 aliphatic heterocycles. The van der Waals surface area contributed by atoms with Crippen LogP contribution < -0.4 is 15.5 Å². The quantitative estimate of drug-likeness (QED) is 0.485. The summed E-state index contributed by atoms with van der Waals surface area (Å²) in [5.74, 6) is 0.190. The van der Waals surface area contributed by atoms with Gasteiger partial charge in [0.2, 0.25) is 0 Å². The van der Waals surface area contributed by atoms with Crippen LogP contribution in [0.1, 0.15) is 12.8 Å². The molecule has 3 amide bonds. The molecule has 2 saturated heterocycles. The van der Waals surface area contributed by atoms with E-state index in [1.807, 2.05) is 11.0 Å². The molecule has 4 rings (SSSR count). The van der Waals surface area contributed by atoms with Gasteiger partial charge in [-0.1, -0.05) is 30.3 Å². The number of imide groups is 1. The average molecular weight is 367 g/mol. The molecule has 2 aliphatic rings. The summed E-state index contributed by atoms with van der Waals surface area (Å²) >= 11 is 0. The number of pyridine rings is 1. The lowest BCUT2D eigenvalue weighted by Crippen LogP contribution is -2.58. The highest BCUT2D eigenvalue weighted by atomic mass is 16.6. The van der Waals surface area contributed by atoms with E-state index in [0.29, 0.717) is 30.8 Å². The van der Waals surface area contributed by atoms with Gasteiger partial charge in [-0.3, -0.25) is 20.2 Å². The van der Waals surface area contributed by atoms with Gasteiger partial charge in [0.1, 0.15) is 11.4 Å². The number of hydrogen-bond donors (Lipinski definition) is 2. The minimum absolute atomic E-state index is 0.0800. The fourth-order valence-electron chi connectivity index (χ4n) is 3.64. The van der Waals surface area contributed by atoms with Gasteiger partial charge in [0.15, 0.2) is 5.69 Å². The third-order valence-electron chi connectivity index (χ3n) is 4.93. The molecule has 1 aromatic heterocycles. The Hall–Kier alpha value is -3.49. The Morgan fingerprint density at radius 1 is 1.15 bits per heavy atom. The fourth-order valence-corrected chi connectivity index (χ4v) is 3.64. The van der Waals surface area contributed by atoms with Crippen molar-refractivity contribution in [3.05, 3.63) is 52.6 Å². The van der Waals surface area contributed by atoms with E-state index in [0.717, 1.165) is 0 Å². The van der Waals surface area contributed by atoms with E-state index in [-0.39, 0.29) is 23.8 Å². The maximum absolute atomic E-state index is 12.2. The number of urea groups is 1. The number of amides is 3. The highest BCUT2D eigenvalue weighted by Gasteiger charge is 2.49. The van der Waals surface area contributed by atoms with Crippen molar-refractivity contribution in [1.29, 1.82) is 0 Å². The normalized spacial score (nSPS) is 21.9. The Bertz CT molecular complexity index is 933. The summed E-state index contributed by atoms with van der Waals surface area (Å²) in [7, 11) is 0. The van der Waals surface area contributed by atoms with E-state index in [1.165, 1.54) is 6.07 Å². The Morgan fingerprint density at radius 2 is 1.93 bits per heavy atom. The number of nitro groups is 1. The van der Waals surface area contributed by atoms with Gasteiger partial charge in [0.05, 0.1) is 11.5 Å². The summed E-state index contributed by atoms with van der Waals surface area (Å²) in [5, 5.41) is 16.4. The molecular weight excluding hydrogens is 350 g/mol. The first-order valence-electron chi connectivity index (χ1n) is 8.58. The van der Waals surface area contributed by atoms with Crippen molar-refractivity contribution in [3.8, 4) is 11.3 Å². The van der Waals surface area contributed by atoms with Crippen LogP contribution in [0, 0.1) is 10.1 Å². The lowest BCUT2D eigenvalue weighted by atomic mass is 9.89. The van der Waals surface area contributed by atoms with Gasteiger partial charge < -0.3 is 10.2 Å². The van der Waals surface area contributed by atoms with Gasteiger partial charge in [0.25, 0.3) is 11.6 Å². The van der Waals surface area contributed by atoms with Crippen molar-refractivity contribution in [2.24, 2.45) is 0 Å². The van der Waals surface area contributed by atoms with Crippen LogP contribution in [0.15, 0.2) is 42.5 Å². The van der Waals surface area contributed by atoms with Crippen LogP contribution in [0.2, 0.25) is 0 Å². The molecule has 1 unspecified atom stereocenters. The first-order chi connectivity index (χ1) is 13.0. The zero-order valence-corrected chi connectivity index (χ0v) is 14.3. The van der Waals surface area contributed by atoms with Crippen molar-refractivity contribution in [3.63, 3.8) is 0 Å². The lowest BCUT2D eigenvalue weighted by molar-refractivity contribution is -0.384. The molecule has 1 spiro atoms. The first-order valence-corrected chi connectivity index (χ1v) is 8.58. The zero-order valence-electron chi connectivity index (χ0n) is 14.3. The number of piperidine rings is 1. The summed E-state index contributed by atoms with van der Waals surface area (Å²) < 4.78 is 0. The van der Waals surface area contributed by atoms with E-state index in [1.54, 1.807) is 30.3 Å². The van der Waals surface area contributed by atoms with Crippen LogP contribution in [0.3, 0.4) is 0 Å². The maximum Gasteiger partial charge on any atom is 0.322 e. The third kappa shape index (κ3) is 2.97. The number of carbonyl (C=O) groups excluding carboxylic acids is 2. The second kappa shape index (κ2) is 6.35. The zero-order chi connectivity index (χ0) is 19.0. The minimum atomic E-state index is -0.980. The van der Waals surface area contributed by atoms with E-state index in [4.69, 9.17) is 0 Å². The Morgan fingerprint density at radius 3 is 2.59 bits per heavy atom. The topological polar surface area (TPSA) is 117 Å². The van der Waals surface area contributed by atoms with Crippen molar-refractivity contribution in [2.75, 3.05) is 18.0 Å². The van der Waals surface area contributed by atoms with Gasteiger partial charge in [-0.05, 0) is 18.9 Å². The Kier molecular flexibility index (Phi) is 3.98. The standard InChI is InChI=1S/C18H17N5O4/c24-16-18(21-17(25)20-16)9-4-10-22(11-18)14-8-7-13(23(26)27)15(19-14)12-5-2-1-3-6-12/h1-3,5-8H,4,9-11H2,(H2,20,21,24,25). The molecule has 0 radical (unpaired) electrons. The smallest absolute Gasteiger partial charge is 0.322 e. The molecule has 0 saturated carbocycles. The molecule has 1 aromatic carbocycles. The largest absolute Gasteiger partial charge is 0.354 e. The number of anilines is 1. The predicted molar refractivity (Wildman–Crippen MR) is 97.2 cm³/mol. The molecule has 9 heteroatoms. The van der Waals surface area contributed by atoms with E-state index >= 15 is 0 Å². The number of benzene rings is 1. The highest BCUT2D eigenvalue weighted by molar-refractivity contribution is 6.07. The molecule has 2 fully saturated rings. The fraction of sp³-hybridized carbons (Fsp3) is 0.278. The van der Waals surface area contributed by atoms with Crippen molar-refractivity contribution < 1.29 is 14.5 Å². The number of carbonyl (C=O) groups is 2. The Balaban J connectivity index is 1.71. The number of aromatic nitrogens is 1. The molecule has 2 aromatic rings. The van der Waals surface area contributed by atoms with Crippen molar-refractivity contribution >= 4 is 23.4 Å². The van der Waals surface area contributed by atoms with Crippen LogP contribution in [0.5, 0.6) is 0 Å². The number of rotatable bonds is 3. The molecule has 3 heterocycles. The SMILES string of the molecule is O=C1NC(=O)C2(CCCN(c3ccc([N+](=O)[O-])c(-c4ccccc4)n3)C2)N1. The van der Waals surface area contributed by atoms with Gasteiger partial charge in [-0.2, -0.15) is 0 Å². The van der Waals surface area contributed by atoms with Gasteiger partial charge >= 0.3 is 6.03 Å². The molecule has 27 heavy (non-hydrogen) atoms. The van der Waals surface area contributed by atoms with Crippen LogP contribution in [-0.2, 0) is 4.79 Å². The molecule has 9 nitrogen and oxygen atoms in total. The van der Waals surface area contributed by atoms with E-state index < -0.39 is 16.5 Å².